The zero-order valence-electron chi connectivity index (χ0n) is 15.0. The average Bonchev–Trinajstić information content (AvgIpc) is 2.59. The SMILES string of the molecule is CCOC(=O)C(CCc1ccccc1)C(C(=O)OCC)C(=O)OCC. The van der Waals surface area contributed by atoms with E-state index in [-0.39, 0.29) is 26.2 Å². The lowest BCUT2D eigenvalue weighted by Gasteiger charge is -2.22. The minimum atomic E-state index is -1.32. The van der Waals surface area contributed by atoms with Gasteiger partial charge in [0.1, 0.15) is 0 Å². The second-order valence-electron chi connectivity index (χ2n) is 5.36. The van der Waals surface area contributed by atoms with E-state index in [0.717, 1.165) is 5.56 Å². The fourth-order valence-electron chi connectivity index (χ4n) is 2.53. The molecule has 0 heterocycles. The van der Waals surface area contributed by atoms with Gasteiger partial charge in [0, 0.05) is 0 Å². The molecule has 6 heteroatoms. The smallest absolute Gasteiger partial charge is 0.321 e. The maximum atomic E-state index is 12.4. The highest BCUT2D eigenvalue weighted by Gasteiger charge is 2.42. The molecular formula is C19H26O6. The lowest BCUT2D eigenvalue weighted by Crippen LogP contribution is -2.39. The van der Waals surface area contributed by atoms with E-state index in [2.05, 4.69) is 0 Å². The van der Waals surface area contributed by atoms with Crippen LogP contribution in [-0.4, -0.2) is 37.7 Å². The zero-order valence-corrected chi connectivity index (χ0v) is 15.0. The largest absolute Gasteiger partial charge is 0.466 e. The second kappa shape index (κ2) is 11.2. The van der Waals surface area contributed by atoms with Crippen molar-refractivity contribution in [1.29, 1.82) is 0 Å². The molecule has 0 fully saturated rings. The molecule has 1 atom stereocenters. The third kappa shape index (κ3) is 6.57. The first-order valence-corrected chi connectivity index (χ1v) is 8.58. The molecule has 0 spiro atoms. The molecule has 6 nitrogen and oxygen atoms in total. The number of carbonyl (C=O) groups is 3. The van der Waals surface area contributed by atoms with Crippen LogP contribution in [0.25, 0.3) is 0 Å². The Bertz CT molecular complexity index is 536. The summed E-state index contributed by atoms with van der Waals surface area (Å²) in [6.07, 6.45) is 0.810. The Morgan fingerprint density at radius 3 is 1.76 bits per heavy atom. The molecule has 1 unspecified atom stereocenters. The highest BCUT2D eigenvalue weighted by atomic mass is 16.6. The first-order chi connectivity index (χ1) is 12.0. The van der Waals surface area contributed by atoms with Crippen LogP contribution in [-0.2, 0) is 35.0 Å². The van der Waals surface area contributed by atoms with E-state index in [1.54, 1.807) is 20.8 Å². The second-order valence-corrected chi connectivity index (χ2v) is 5.36. The van der Waals surface area contributed by atoms with Gasteiger partial charge in [0.05, 0.1) is 25.7 Å². The van der Waals surface area contributed by atoms with Crippen molar-refractivity contribution in [2.24, 2.45) is 11.8 Å². The molecule has 0 saturated carbocycles. The summed E-state index contributed by atoms with van der Waals surface area (Å²) in [6.45, 7) is 5.35. The minimum absolute atomic E-state index is 0.114. The number of esters is 3. The third-order valence-electron chi connectivity index (χ3n) is 3.66. The minimum Gasteiger partial charge on any atom is -0.466 e. The van der Waals surface area contributed by atoms with Gasteiger partial charge in [-0.2, -0.15) is 0 Å². The van der Waals surface area contributed by atoms with Crippen molar-refractivity contribution in [3.8, 4) is 0 Å². The summed E-state index contributed by atoms with van der Waals surface area (Å²) in [5.41, 5.74) is 1.00. The molecule has 25 heavy (non-hydrogen) atoms. The molecular weight excluding hydrogens is 324 g/mol. The molecule has 138 valence electrons. The van der Waals surface area contributed by atoms with Gasteiger partial charge in [-0.15, -0.1) is 0 Å². The van der Waals surface area contributed by atoms with Gasteiger partial charge in [0.25, 0.3) is 0 Å². The molecule has 0 aromatic heterocycles. The van der Waals surface area contributed by atoms with Crippen LogP contribution >= 0.6 is 0 Å². The van der Waals surface area contributed by atoms with Gasteiger partial charge >= 0.3 is 17.9 Å². The molecule has 0 aliphatic heterocycles. The number of benzene rings is 1. The standard InChI is InChI=1S/C19H26O6/c1-4-23-17(20)15(13-12-14-10-8-7-9-11-14)16(18(21)24-5-2)19(22)25-6-3/h7-11,15-16H,4-6,12-13H2,1-3H3. The molecule has 1 rings (SSSR count). The van der Waals surface area contributed by atoms with Crippen LogP contribution in [0.3, 0.4) is 0 Å². The van der Waals surface area contributed by atoms with Crippen LogP contribution in [0.5, 0.6) is 0 Å². The van der Waals surface area contributed by atoms with E-state index >= 15 is 0 Å². The molecule has 0 amide bonds. The Kier molecular flexibility index (Phi) is 9.29. The molecule has 0 radical (unpaired) electrons. The Balaban J connectivity index is 3.03. The summed E-state index contributed by atoms with van der Waals surface area (Å²) in [4.78, 5) is 37.0. The van der Waals surface area contributed by atoms with Crippen molar-refractivity contribution in [1.82, 2.24) is 0 Å². The van der Waals surface area contributed by atoms with Crippen molar-refractivity contribution in [3.05, 3.63) is 35.9 Å². The fraction of sp³-hybridized carbons (Fsp3) is 0.526. The number of hydrogen-bond acceptors (Lipinski definition) is 6. The van der Waals surface area contributed by atoms with Crippen molar-refractivity contribution in [2.75, 3.05) is 19.8 Å². The first-order valence-electron chi connectivity index (χ1n) is 8.58. The normalized spacial score (nSPS) is 11.7. The molecule has 0 aliphatic rings. The van der Waals surface area contributed by atoms with Gasteiger partial charge in [-0.3, -0.25) is 14.4 Å². The van der Waals surface area contributed by atoms with Gasteiger partial charge in [0.15, 0.2) is 5.92 Å². The number of hydrogen-bond donors (Lipinski definition) is 0. The van der Waals surface area contributed by atoms with Crippen molar-refractivity contribution in [2.45, 2.75) is 33.6 Å². The Labute approximate surface area is 148 Å². The van der Waals surface area contributed by atoms with Gasteiger partial charge in [0.2, 0.25) is 0 Å². The number of ether oxygens (including phenoxy) is 3. The molecule has 1 aromatic rings. The van der Waals surface area contributed by atoms with E-state index in [4.69, 9.17) is 14.2 Å². The molecule has 1 aromatic carbocycles. The van der Waals surface area contributed by atoms with Gasteiger partial charge in [-0.25, -0.2) is 0 Å². The molecule has 0 saturated heterocycles. The van der Waals surface area contributed by atoms with Crippen molar-refractivity contribution in [3.63, 3.8) is 0 Å². The summed E-state index contributed by atoms with van der Waals surface area (Å²) in [5.74, 6) is -4.37. The Morgan fingerprint density at radius 1 is 0.800 bits per heavy atom. The summed E-state index contributed by atoms with van der Waals surface area (Å²) in [7, 11) is 0. The highest BCUT2D eigenvalue weighted by molar-refractivity contribution is 5.99. The van der Waals surface area contributed by atoms with Crippen molar-refractivity contribution < 1.29 is 28.6 Å². The van der Waals surface area contributed by atoms with E-state index < -0.39 is 29.7 Å². The molecule has 0 bridgehead atoms. The number of carbonyl (C=O) groups excluding carboxylic acids is 3. The summed E-state index contributed by atoms with van der Waals surface area (Å²) < 4.78 is 15.0. The van der Waals surface area contributed by atoms with Crippen LogP contribution in [0.1, 0.15) is 32.8 Å². The van der Waals surface area contributed by atoms with Crippen LogP contribution < -0.4 is 0 Å². The van der Waals surface area contributed by atoms with Crippen LogP contribution in [0.15, 0.2) is 30.3 Å². The average molecular weight is 350 g/mol. The Morgan fingerprint density at radius 2 is 1.28 bits per heavy atom. The number of aryl methyl sites for hydroxylation is 1. The van der Waals surface area contributed by atoms with Gasteiger partial charge in [-0.05, 0) is 39.2 Å². The Hall–Kier alpha value is -2.37. The fourth-order valence-corrected chi connectivity index (χ4v) is 2.53. The summed E-state index contributed by atoms with van der Waals surface area (Å²) in [5, 5.41) is 0. The lowest BCUT2D eigenvalue weighted by atomic mass is 9.87. The lowest BCUT2D eigenvalue weighted by molar-refractivity contribution is -0.171. The van der Waals surface area contributed by atoms with Gasteiger partial charge in [-0.1, -0.05) is 30.3 Å². The monoisotopic (exact) mass is 350 g/mol. The van der Waals surface area contributed by atoms with Crippen molar-refractivity contribution >= 4 is 17.9 Å². The predicted octanol–water partition coefficient (Wildman–Crippen LogP) is 2.54. The zero-order chi connectivity index (χ0) is 18.7. The predicted molar refractivity (Wildman–Crippen MR) is 91.6 cm³/mol. The maximum absolute atomic E-state index is 12.4. The summed E-state index contributed by atoms with van der Waals surface area (Å²) >= 11 is 0. The molecule has 0 aliphatic carbocycles. The van der Waals surface area contributed by atoms with E-state index in [1.165, 1.54) is 0 Å². The first kappa shape index (κ1) is 20.7. The van der Waals surface area contributed by atoms with Gasteiger partial charge < -0.3 is 14.2 Å². The quantitative estimate of drug-likeness (QED) is 0.366. The van der Waals surface area contributed by atoms with Crippen LogP contribution in [0.2, 0.25) is 0 Å². The maximum Gasteiger partial charge on any atom is 0.321 e. The summed E-state index contributed by atoms with van der Waals surface area (Å²) in [6, 6.07) is 9.52. The van der Waals surface area contributed by atoms with E-state index in [1.807, 2.05) is 30.3 Å². The molecule has 0 N–H and O–H groups in total. The van der Waals surface area contributed by atoms with Crippen LogP contribution in [0, 0.1) is 11.8 Å². The third-order valence-corrected chi connectivity index (χ3v) is 3.66. The van der Waals surface area contributed by atoms with E-state index in [9.17, 15) is 14.4 Å². The van der Waals surface area contributed by atoms with E-state index in [0.29, 0.717) is 6.42 Å². The highest BCUT2D eigenvalue weighted by Crippen LogP contribution is 2.24. The van der Waals surface area contributed by atoms with Crippen LogP contribution in [0.4, 0.5) is 0 Å². The number of rotatable bonds is 10. The topological polar surface area (TPSA) is 78.9 Å².